The van der Waals surface area contributed by atoms with Gasteiger partial charge in [0.05, 0.1) is 6.61 Å². The summed E-state index contributed by atoms with van der Waals surface area (Å²) in [5.74, 6) is -1.82. The Morgan fingerprint density at radius 2 is 2.15 bits per heavy atom. The van der Waals surface area contributed by atoms with Crippen LogP contribution in [0.25, 0.3) is 0 Å². The van der Waals surface area contributed by atoms with Gasteiger partial charge in [-0.2, -0.15) is 0 Å². The first kappa shape index (κ1) is 11.9. The predicted molar refractivity (Wildman–Crippen MR) is 43.1 cm³/mol. The summed E-state index contributed by atoms with van der Waals surface area (Å²) in [6.07, 6.45) is 0. The first-order chi connectivity index (χ1) is 6.11. The number of carboxylic acid groups (broad SMARTS) is 1. The molecule has 0 aromatic rings. The number of aliphatic hydroxyl groups is 1. The van der Waals surface area contributed by atoms with Crippen LogP contribution in [0.3, 0.4) is 0 Å². The monoisotopic (exact) mass is 191 g/mol. The lowest BCUT2D eigenvalue weighted by Crippen LogP contribution is -2.44. The van der Waals surface area contributed by atoms with Gasteiger partial charge in [-0.05, 0) is 6.92 Å². The normalized spacial score (nSPS) is 12.2. The molecule has 0 rings (SSSR count). The molecule has 76 valence electrons. The van der Waals surface area contributed by atoms with Crippen LogP contribution in [0, 0.1) is 0 Å². The molecule has 0 fully saturated rings. The minimum Gasteiger partial charge on any atom is -0.480 e. The molecule has 0 aliphatic carbocycles. The zero-order chi connectivity index (χ0) is 10.3. The highest BCUT2D eigenvalue weighted by Gasteiger charge is 2.18. The highest BCUT2D eigenvalue weighted by atomic mass is 16.5. The van der Waals surface area contributed by atoms with Crippen LogP contribution >= 0.6 is 0 Å². The standard InChI is InChI=1S/C7H13NO5/c1-2-13-4-6(10)8-5(3-9)7(11)12/h5,9H,2-4H2,1H3,(H,8,10)(H,11,12)/t5-/m0/s1. The maximum atomic E-state index is 10.9. The van der Waals surface area contributed by atoms with Gasteiger partial charge in [0, 0.05) is 6.61 Å². The molecule has 3 N–H and O–H groups in total. The number of carboxylic acids is 1. The van der Waals surface area contributed by atoms with Gasteiger partial charge in [-0.3, -0.25) is 4.79 Å². The second-order valence-corrected chi connectivity index (χ2v) is 2.28. The topological polar surface area (TPSA) is 95.9 Å². The first-order valence-electron chi connectivity index (χ1n) is 3.82. The number of carbonyl (C=O) groups excluding carboxylic acids is 1. The van der Waals surface area contributed by atoms with Crippen molar-refractivity contribution in [3.05, 3.63) is 0 Å². The number of nitrogens with one attached hydrogen (secondary N) is 1. The molecule has 0 saturated carbocycles. The molecule has 0 aliphatic rings. The van der Waals surface area contributed by atoms with Gasteiger partial charge in [0.1, 0.15) is 12.6 Å². The van der Waals surface area contributed by atoms with Gasteiger partial charge in [0.2, 0.25) is 5.91 Å². The fourth-order valence-corrected chi connectivity index (χ4v) is 0.616. The second kappa shape index (κ2) is 6.38. The van der Waals surface area contributed by atoms with Crippen molar-refractivity contribution < 1.29 is 24.5 Å². The largest absolute Gasteiger partial charge is 0.480 e. The quantitative estimate of drug-likeness (QED) is 0.479. The van der Waals surface area contributed by atoms with Crippen molar-refractivity contribution in [1.29, 1.82) is 0 Å². The fourth-order valence-electron chi connectivity index (χ4n) is 0.616. The molecule has 0 radical (unpaired) electrons. The molecule has 1 amide bonds. The van der Waals surface area contributed by atoms with Crippen molar-refractivity contribution in [1.82, 2.24) is 5.32 Å². The van der Waals surface area contributed by atoms with E-state index in [-0.39, 0.29) is 6.61 Å². The lowest BCUT2D eigenvalue weighted by molar-refractivity contribution is -0.143. The number of hydrogen-bond donors (Lipinski definition) is 3. The number of hydrogen-bond acceptors (Lipinski definition) is 4. The Bertz CT molecular complexity index is 182. The van der Waals surface area contributed by atoms with E-state index in [0.29, 0.717) is 6.61 Å². The van der Waals surface area contributed by atoms with Crippen LogP contribution in [0.2, 0.25) is 0 Å². The summed E-state index contributed by atoms with van der Waals surface area (Å²) in [5.41, 5.74) is 0. The van der Waals surface area contributed by atoms with E-state index >= 15 is 0 Å². The van der Waals surface area contributed by atoms with Crippen LogP contribution in [0.5, 0.6) is 0 Å². The van der Waals surface area contributed by atoms with Crippen LogP contribution in [0.4, 0.5) is 0 Å². The second-order valence-electron chi connectivity index (χ2n) is 2.28. The fraction of sp³-hybridized carbons (Fsp3) is 0.714. The Hall–Kier alpha value is -1.14. The zero-order valence-corrected chi connectivity index (χ0v) is 7.32. The number of aliphatic hydroxyl groups excluding tert-OH is 1. The van der Waals surface area contributed by atoms with Gasteiger partial charge in [0.15, 0.2) is 0 Å². The molecule has 6 nitrogen and oxygen atoms in total. The molecule has 0 bridgehead atoms. The van der Waals surface area contributed by atoms with Gasteiger partial charge in [0.25, 0.3) is 0 Å². The summed E-state index contributed by atoms with van der Waals surface area (Å²) in [6, 6.07) is -1.26. The molecule has 0 aliphatic heterocycles. The van der Waals surface area contributed by atoms with E-state index in [0.717, 1.165) is 0 Å². The Kier molecular flexibility index (Phi) is 5.82. The van der Waals surface area contributed by atoms with Crippen molar-refractivity contribution in [2.45, 2.75) is 13.0 Å². The highest BCUT2D eigenvalue weighted by Crippen LogP contribution is 1.83. The summed E-state index contributed by atoms with van der Waals surface area (Å²) in [5, 5.41) is 19.1. The van der Waals surface area contributed by atoms with Gasteiger partial charge < -0.3 is 20.3 Å². The number of aliphatic carboxylic acids is 1. The molecular formula is C7H13NO5. The third-order valence-corrected chi connectivity index (χ3v) is 1.25. The van der Waals surface area contributed by atoms with Crippen molar-refractivity contribution in [2.24, 2.45) is 0 Å². The van der Waals surface area contributed by atoms with E-state index in [1.807, 2.05) is 0 Å². The molecular weight excluding hydrogens is 178 g/mol. The van der Waals surface area contributed by atoms with Crippen LogP contribution in [0.15, 0.2) is 0 Å². The van der Waals surface area contributed by atoms with E-state index in [9.17, 15) is 9.59 Å². The van der Waals surface area contributed by atoms with E-state index in [2.05, 4.69) is 5.32 Å². The van der Waals surface area contributed by atoms with Crippen LogP contribution in [-0.4, -0.2) is 48.0 Å². The first-order valence-corrected chi connectivity index (χ1v) is 3.82. The number of ether oxygens (including phenoxy) is 1. The molecule has 0 saturated heterocycles. The van der Waals surface area contributed by atoms with E-state index in [1.54, 1.807) is 6.92 Å². The van der Waals surface area contributed by atoms with Gasteiger partial charge in [-0.25, -0.2) is 4.79 Å². The lowest BCUT2D eigenvalue weighted by Gasteiger charge is -2.10. The smallest absolute Gasteiger partial charge is 0.328 e. The summed E-state index contributed by atoms with van der Waals surface area (Å²) in [7, 11) is 0. The number of rotatable bonds is 6. The van der Waals surface area contributed by atoms with E-state index in [4.69, 9.17) is 14.9 Å². The summed E-state index contributed by atoms with van der Waals surface area (Å²) in [4.78, 5) is 21.2. The highest BCUT2D eigenvalue weighted by molar-refractivity contribution is 5.84. The summed E-state index contributed by atoms with van der Waals surface area (Å²) in [6.45, 7) is 1.27. The zero-order valence-electron chi connectivity index (χ0n) is 7.32. The third-order valence-electron chi connectivity index (χ3n) is 1.25. The third kappa shape index (κ3) is 5.15. The molecule has 0 unspecified atom stereocenters. The maximum absolute atomic E-state index is 10.9. The van der Waals surface area contributed by atoms with Crippen molar-refractivity contribution >= 4 is 11.9 Å². The minimum atomic E-state index is -1.27. The molecule has 0 spiro atoms. The maximum Gasteiger partial charge on any atom is 0.328 e. The summed E-state index contributed by atoms with van der Waals surface area (Å²) < 4.78 is 4.73. The predicted octanol–water partition coefficient (Wildman–Crippen LogP) is -1.42. The Morgan fingerprint density at radius 1 is 1.54 bits per heavy atom. The Balaban J connectivity index is 3.80. The molecule has 6 heteroatoms. The van der Waals surface area contributed by atoms with E-state index < -0.39 is 24.5 Å². The molecule has 0 aromatic carbocycles. The van der Waals surface area contributed by atoms with Crippen molar-refractivity contribution in [3.8, 4) is 0 Å². The number of carbonyl (C=O) groups is 2. The van der Waals surface area contributed by atoms with Crippen molar-refractivity contribution in [3.63, 3.8) is 0 Å². The van der Waals surface area contributed by atoms with Crippen LogP contribution < -0.4 is 5.32 Å². The molecule has 13 heavy (non-hydrogen) atoms. The SMILES string of the molecule is CCOCC(=O)N[C@@H](CO)C(=O)O. The average Bonchev–Trinajstić information content (AvgIpc) is 2.10. The molecule has 0 heterocycles. The van der Waals surface area contributed by atoms with Crippen LogP contribution in [-0.2, 0) is 14.3 Å². The number of amides is 1. The summed E-state index contributed by atoms with van der Waals surface area (Å²) >= 11 is 0. The van der Waals surface area contributed by atoms with E-state index in [1.165, 1.54) is 0 Å². The van der Waals surface area contributed by atoms with Crippen LogP contribution in [0.1, 0.15) is 6.92 Å². The molecule has 1 atom stereocenters. The van der Waals surface area contributed by atoms with Gasteiger partial charge >= 0.3 is 5.97 Å². The Labute approximate surface area is 75.5 Å². The lowest BCUT2D eigenvalue weighted by atomic mass is 10.3. The van der Waals surface area contributed by atoms with Gasteiger partial charge in [-0.15, -0.1) is 0 Å². The Morgan fingerprint density at radius 3 is 2.54 bits per heavy atom. The minimum absolute atomic E-state index is 0.194. The van der Waals surface area contributed by atoms with Crippen molar-refractivity contribution in [2.75, 3.05) is 19.8 Å². The van der Waals surface area contributed by atoms with Gasteiger partial charge in [-0.1, -0.05) is 0 Å². The molecule has 0 aromatic heterocycles. The average molecular weight is 191 g/mol.